The van der Waals surface area contributed by atoms with Crippen LogP contribution in [0.5, 0.6) is 0 Å². The Labute approximate surface area is 69.1 Å². The number of imide groups is 1. The van der Waals surface area contributed by atoms with E-state index >= 15 is 0 Å². The van der Waals surface area contributed by atoms with Crippen molar-refractivity contribution in [3.63, 3.8) is 0 Å². The van der Waals surface area contributed by atoms with Crippen LogP contribution in [-0.4, -0.2) is 29.2 Å². The number of hydrogen-bond donors (Lipinski definition) is 3. The van der Waals surface area contributed by atoms with Crippen LogP contribution < -0.4 is 10.6 Å². The monoisotopic (exact) mass is 170 g/mol. The fourth-order valence-electron chi connectivity index (χ4n) is 1.87. The van der Waals surface area contributed by atoms with Gasteiger partial charge in [-0.05, 0) is 18.8 Å². The number of amides is 3. The first-order valence-corrected chi connectivity index (χ1v) is 3.91. The van der Waals surface area contributed by atoms with E-state index in [1.165, 1.54) is 0 Å². The molecule has 1 heterocycles. The molecule has 3 N–H and O–H groups in total. The number of urea groups is 1. The van der Waals surface area contributed by atoms with Gasteiger partial charge in [0.25, 0.3) is 5.91 Å². The molecular weight excluding hydrogens is 160 g/mol. The molecule has 1 aliphatic heterocycles. The van der Waals surface area contributed by atoms with Crippen LogP contribution >= 0.6 is 0 Å². The van der Waals surface area contributed by atoms with Gasteiger partial charge in [-0.15, -0.1) is 0 Å². The van der Waals surface area contributed by atoms with Crippen LogP contribution in [0.3, 0.4) is 0 Å². The molecule has 0 aromatic rings. The molecule has 2 rings (SSSR count). The molecule has 12 heavy (non-hydrogen) atoms. The number of hydrogen-bond acceptors (Lipinski definition) is 3. The zero-order chi connectivity index (χ0) is 8.77. The molecule has 5 heteroatoms. The van der Waals surface area contributed by atoms with Gasteiger partial charge in [-0.1, -0.05) is 0 Å². The molecule has 0 atom stereocenters. The second-order valence-corrected chi connectivity index (χ2v) is 3.45. The first-order valence-electron chi connectivity index (χ1n) is 3.91. The number of nitrogens with one attached hydrogen (secondary N) is 2. The number of aliphatic hydroxyl groups excluding tert-OH is 1. The number of carbonyl (C=O) groups excluding carboxylic acids is 2. The van der Waals surface area contributed by atoms with Crippen molar-refractivity contribution >= 4 is 11.9 Å². The van der Waals surface area contributed by atoms with Crippen molar-refractivity contribution in [3.05, 3.63) is 0 Å². The Hall–Kier alpha value is -1.10. The third-order valence-corrected chi connectivity index (χ3v) is 2.55. The molecular formula is C7H10N2O3. The Bertz CT molecular complexity index is 245. The summed E-state index contributed by atoms with van der Waals surface area (Å²) >= 11 is 0. The minimum atomic E-state index is -0.690. The van der Waals surface area contributed by atoms with E-state index in [1.807, 2.05) is 0 Å². The van der Waals surface area contributed by atoms with E-state index in [-0.39, 0.29) is 18.4 Å². The maximum Gasteiger partial charge on any atom is 0.322 e. The van der Waals surface area contributed by atoms with Gasteiger partial charge in [0.05, 0.1) is 0 Å². The summed E-state index contributed by atoms with van der Waals surface area (Å²) in [5.74, 6) is -0.0913. The minimum Gasteiger partial charge on any atom is -0.396 e. The molecule has 2 aliphatic rings. The Morgan fingerprint density at radius 1 is 1.50 bits per heavy atom. The second-order valence-electron chi connectivity index (χ2n) is 3.45. The maximum atomic E-state index is 11.2. The van der Waals surface area contributed by atoms with E-state index in [2.05, 4.69) is 10.6 Å². The Morgan fingerprint density at radius 2 is 2.17 bits per heavy atom. The molecule has 5 nitrogen and oxygen atoms in total. The van der Waals surface area contributed by atoms with Gasteiger partial charge in [-0.25, -0.2) is 4.79 Å². The van der Waals surface area contributed by atoms with Gasteiger partial charge in [0.15, 0.2) is 0 Å². The first kappa shape index (κ1) is 7.54. The van der Waals surface area contributed by atoms with E-state index < -0.39 is 11.6 Å². The zero-order valence-corrected chi connectivity index (χ0v) is 6.46. The van der Waals surface area contributed by atoms with Crippen molar-refractivity contribution in [2.45, 2.75) is 18.4 Å². The molecule has 1 aliphatic carbocycles. The SMILES string of the molecule is O=C1NC(=O)[C@]2(C[C@@H](CO)C2)N1. The van der Waals surface area contributed by atoms with Crippen LogP contribution in [0.2, 0.25) is 0 Å². The van der Waals surface area contributed by atoms with E-state index in [9.17, 15) is 9.59 Å². The van der Waals surface area contributed by atoms with E-state index in [0.717, 1.165) is 0 Å². The van der Waals surface area contributed by atoms with Crippen LogP contribution in [-0.2, 0) is 4.79 Å². The van der Waals surface area contributed by atoms with Gasteiger partial charge in [-0.3, -0.25) is 10.1 Å². The molecule has 0 aromatic carbocycles. The van der Waals surface area contributed by atoms with Crippen LogP contribution in [0, 0.1) is 5.92 Å². The van der Waals surface area contributed by atoms with Crippen molar-refractivity contribution < 1.29 is 14.7 Å². The van der Waals surface area contributed by atoms with Crippen molar-refractivity contribution in [1.29, 1.82) is 0 Å². The smallest absolute Gasteiger partial charge is 0.322 e. The highest BCUT2D eigenvalue weighted by atomic mass is 16.3. The predicted molar refractivity (Wildman–Crippen MR) is 39.2 cm³/mol. The molecule has 0 bridgehead atoms. The zero-order valence-electron chi connectivity index (χ0n) is 6.46. The summed E-state index contributed by atoms with van der Waals surface area (Å²) in [6.07, 6.45) is 1.11. The standard InChI is InChI=1S/C7H10N2O3/c10-3-4-1-7(2-4)5(11)8-6(12)9-7/h4,10H,1-3H2,(H2,8,9,11,12)/t4-,7-. The highest BCUT2D eigenvalue weighted by molar-refractivity contribution is 6.07. The summed E-state index contributed by atoms with van der Waals surface area (Å²) in [5, 5.41) is 13.5. The number of carbonyl (C=O) groups is 2. The molecule has 3 amide bonds. The minimum absolute atomic E-state index is 0.0882. The molecule has 0 radical (unpaired) electrons. The van der Waals surface area contributed by atoms with E-state index in [4.69, 9.17) is 5.11 Å². The quantitative estimate of drug-likeness (QED) is 0.440. The molecule has 2 fully saturated rings. The van der Waals surface area contributed by atoms with Gasteiger partial charge in [-0.2, -0.15) is 0 Å². The average Bonchev–Trinajstić information content (AvgIpc) is 2.22. The van der Waals surface area contributed by atoms with Crippen molar-refractivity contribution in [2.24, 2.45) is 5.92 Å². The summed E-state index contributed by atoms with van der Waals surface area (Å²) in [4.78, 5) is 21.9. The number of aliphatic hydroxyl groups is 1. The van der Waals surface area contributed by atoms with E-state index in [0.29, 0.717) is 12.8 Å². The van der Waals surface area contributed by atoms with Crippen molar-refractivity contribution in [2.75, 3.05) is 6.61 Å². The highest BCUT2D eigenvalue weighted by Crippen LogP contribution is 2.39. The maximum absolute atomic E-state index is 11.2. The van der Waals surface area contributed by atoms with Crippen LogP contribution in [0.1, 0.15) is 12.8 Å². The van der Waals surface area contributed by atoms with Gasteiger partial charge < -0.3 is 10.4 Å². The second kappa shape index (κ2) is 2.20. The molecule has 1 saturated carbocycles. The lowest BCUT2D eigenvalue weighted by atomic mass is 9.69. The Morgan fingerprint density at radius 3 is 2.58 bits per heavy atom. The first-order chi connectivity index (χ1) is 5.66. The Kier molecular flexibility index (Phi) is 1.38. The van der Waals surface area contributed by atoms with Crippen molar-refractivity contribution in [3.8, 4) is 0 Å². The van der Waals surface area contributed by atoms with Gasteiger partial charge in [0.1, 0.15) is 5.54 Å². The fraction of sp³-hybridized carbons (Fsp3) is 0.714. The summed E-state index contributed by atoms with van der Waals surface area (Å²) in [6.45, 7) is 0.0882. The normalized spacial score (nSPS) is 39.2. The molecule has 1 saturated heterocycles. The summed E-state index contributed by atoms with van der Waals surface area (Å²) in [5.41, 5.74) is -0.690. The van der Waals surface area contributed by atoms with Crippen LogP contribution in [0.4, 0.5) is 4.79 Å². The van der Waals surface area contributed by atoms with Crippen LogP contribution in [0.25, 0.3) is 0 Å². The third kappa shape index (κ3) is 0.828. The Balaban J connectivity index is 2.06. The summed E-state index contributed by atoms with van der Waals surface area (Å²) in [6, 6.07) is -0.420. The third-order valence-electron chi connectivity index (χ3n) is 2.55. The molecule has 66 valence electrons. The van der Waals surface area contributed by atoms with E-state index in [1.54, 1.807) is 0 Å². The van der Waals surface area contributed by atoms with Gasteiger partial charge >= 0.3 is 6.03 Å². The van der Waals surface area contributed by atoms with Gasteiger partial charge in [0.2, 0.25) is 0 Å². The lowest BCUT2D eigenvalue weighted by molar-refractivity contribution is -0.129. The number of rotatable bonds is 1. The predicted octanol–water partition coefficient (Wildman–Crippen LogP) is -1.03. The summed E-state index contributed by atoms with van der Waals surface area (Å²) in [7, 11) is 0. The molecule has 0 aromatic heterocycles. The lowest BCUT2D eigenvalue weighted by Gasteiger charge is -2.41. The topological polar surface area (TPSA) is 78.4 Å². The molecule has 0 unspecified atom stereocenters. The van der Waals surface area contributed by atoms with Crippen LogP contribution in [0.15, 0.2) is 0 Å². The largest absolute Gasteiger partial charge is 0.396 e. The summed E-state index contributed by atoms with van der Waals surface area (Å²) < 4.78 is 0. The lowest BCUT2D eigenvalue weighted by Crippen LogP contribution is -2.57. The van der Waals surface area contributed by atoms with Gasteiger partial charge in [0, 0.05) is 6.61 Å². The van der Waals surface area contributed by atoms with Crippen molar-refractivity contribution in [1.82, 2.24) is 10.6 Å². The fourth-order valence-corrected chi connectivity index (χ4v) is 1.87. The average molecular weight is 170 g/mol. The highest BCUT2D eigenvalue weighted by Gasteiger charge is 2.54. The molecule has 1 spiro atoms.